The minimum atomic E-state index is -0.375. The molecule has 4 aromatic heterocycles. The average Bonchev–Trinajstić information content (AvgIpc) is 3.46. The maximum atomic E-state index is 14.0. The first-order valence-electron chi connectivity index (χ1n) is 11.3. The molecule has 9 nitrogen and oxygen atoms in total. The van der Waals surface area contributed by atoms with Crippen LogP contribution in [0, 0.1) is 12.7 Å². The summed E-state index contributed by atoms with van der Waals surface area (Å²) in [6, 6.07) is 9.39. The second-order valence-electron chi connectivity index (χ2n) is 8.06. The van der Waals surface area contributed by atoms with Crippen molar-refractivity contribution in [3.8, 4) is 6.01 Å². The first-order valence-corrected chi connectivity index (χ1v) is 12.1. The number of nitrogens with one attached hydrogen (secondary N) is 3. The van der Waals surface area contributed by atoms with E-state index in [0.29, 0.717) is 21.9 Å². The zero-order valence-corrected chi connectivity index (χ0v) is 20.2. The molecule has 1 aromatic carbocycles. The molecule has 0 saturated carbocycles. The van der Waals surface area contributed by atoms with Crippen molar-refractivity contribution in [1.29, 1.82) is 0 Å². The highest BCUT2D eigenvalue weighted by atomic mass is 32.1. The number of nitrogens with zero attached hydrogens (tertiary/aromatic N) is 5. The van der Waals surface area contributed by atoms with Crippen molar-refractivity contribution in [1.82, 2.24) is 35.2 Å². The second kappa shape index (κ2) is 10.3. The molecule has 5 rings (SSSR count). The van der Waals surface area contributed by atoms with Gasteiger partial charge in [0, 0.05) is 32.1 Å². The third-order valence-corrected chi connectivity index (χ3v) is 6.47. The first-order chi connectivity index (χ1) is 17.1. The van der Waals surface area contributed by atoms with Crippen molar-refractivity contribution in [3.63, 3.8) is 0 Å². The van der Waals surface area contributed by atoms with Gasteiger partial charge in [-0.05, 0) is 36.8 Å². The number of imidazole rings is 1. The first kappa shape index (κ1) is 23.1. The molecule has 5 aromatic rings. The maximum Gasteiger partial charge on any atom is 0.319 e. The Morgan fingerprint density at radius 3 is 2.83 bits per heavy atom. The smallest absolute Gasteiger partial charge is 0.319 e. The molecule has 0 radical (unpaired) electrons. The van der Waals surface area contributed by atoms with Crippen LogP contribution in [-0.2, 0) is 19.4 Å². The molecule has 0 aliphatic carbocycles. The summed E-state index contributed by atoms with van der Waals surface area (Å²) >= 11 is 1.49. The molecule has 0 aliphatic heterocycles. The highest BCUT2D eigenvalue weighted by Gasteiger charge is 2.15. The molecule has 0 fully saturated rings. The Labute approximate surface area is 205 Å². The SMILES string of the molecule is COc1nc(NCc2ncccc2F)c2nc(CCNCCc3nc4ccc(C)cc4[nH]3)sc2n1. The Bertz CT molecular complexity index is 1470. The number of hydrogen-bond donors (Lipinski definition) is 3. The molecule has 0 atom stereocenters. The van der Waals surface area contributed by atoms with Crippen LogP contribution in [0.2, 0.25) is 0 Å². The summed E-state index contributed by atoms with van der Waals surface area (Å²) in [5.74, 6) is 1.09. The Hall–Kier alpha value is -3.70. The van der Waals surface area contributed by atoms with Crippen LogP contribution in [0.5, 0.6) is 6.01 Å². The van der Waals surface area contributed by atoms with Crippen molar-refractivity contribution in [2.24, 2.45) is 0 Å². The van der Waals surface area contributed by atoms with Gasteiger partial charge in [0.15, 0.2) is 10.6 Å². The van der Waals surface area contributed by atoms with Crippen molar-refractivity contribution in [2.75, 3.05) is 25.5 Å². The number of thiazole rings is 1. The number of H-pyrrole nitrogens is 1. The van der Waals surface area contributed by atoms with Crippen molar-refractivity contribution in [3.05, 3.63) is 64.4 Å². The Balaban J connectivity index is 1.20. The van der Waals surface area contributed by atoms with Crippen LogP contribution >= 0.6 is 11.3 Å². The predicted molar refractivity (Wildman–Crippen MR) is 134 cm³/mol. The molecule has 180 valence electrons. The molecular weight excluding hydrogens is 467 g/mol. The Morgan fingerprint density at radius 2 is 1.97 bits per heavy atom. The highest BCUT2D eigenvalue weighted by Crippen LogP contribution is 2.28. The largest absolute Gasteiger partial charge is 0.467 e. The molecular formula is C24H25FN8OS. The number of pyridine rings is 1. The number of benzene rings is 1. The lowest BCUT2D eigenvalue weighted by Gasteiger charge is -2.07. The van der Waals surface area contributed by atoms with E-state index in [2.05, 4.69) is 54.6 Å². The van der Waals surface area contributed by atoms with Gasteiger partial charge in [0.05, 0.1) is 35.4 Å². The maximum absolute atomic E-state index is 14.0. The van der Waals surface area contributed by atoms with E-state index in [4.69, 9.17) is 9.72 Å². The van der Waals surface area contributed by atoms with E-state index >= 15 is 0 Å². The number of methoxy groups -OCH3 is 1. The summed E-state index contributed by atoms with van der Waals surface area (Å²) in [6.07, 6.45) is 3.12. The van der Waals surface area contributed by atoms with Gasteiger partial charge >= 0.3 is 6.01 Å². The summed E-state index contributed by atoms with van der Waals surface area (Å²) in [4.78, 5) is 26.3. The molecule has 11 heteroatoms. The predicted octanol–water partition coefficient (Wildman–Crippen LogP) is 3.80. The van der Waals surface area contributed by atoms with Gasteiger partial charge in [0.2, 0.25) is 0 Å². The number of rotatable bonds is 10. The number of aromatic nitrogens is 6. The average molecular weight is 493 g/mol. The molecule has 0 amide bonds. The lowest BCUT2D eigenvalue weighted by Crippen LogP contribution is -2.20. The van der Waals surface area contributed by atoms with Gasteiger partial charge in [-0.2, -0.15) is 9.97 Å². The van der Waals surface area contributed by atoms with Crippen LogP contribution in [0.4, 0.5) is 10.2 Å². The number of fused-ring (bicyclic) bond motifs is 2. The molecule has 0 aliphatic rings. The zero-order valence-electron chi connectivity index (χ0n) is 19.4. The number of anilines is 1. The quantitative estimate of drug-likeness (QED) is 0.252. The fourth-order valence-electron chi connectivity index (χ4n) is 3.70. The molecule has 0 saturated heterocycles. The van der Waals surface area contributed by atoms with E-state index in [9.17, 15) is 4.39 Å². The van der Waals surface area contributed by atoms with E-state index in [-0.39, 0.29) is 18.4 Å². The number of ether oxygens (including phenoxy) is 1. The second-order valence-corrected chi connectivity index (χ2v) is 9.12. The lowest BCUT2D eigenvalue weighted by molar-refractivity contribution is 0.382. The van der Waals surface area contributed by atoms with Crippen LogP contribution in [0.15, 0.2) is 36.5 Å². The molecule has 0 spiro atoms. The van der Waals surface area contributed by atoms with Crippen molar-refractivity contribution >= 4 is 38.5 Å². The van der Waals surface area contributed by atoms with E-state index in [0.717, 1.165) is 47.8 Å². The zero-order chi connectivity index (χ0) is 24.2. The standard InChI is InChI=1S/C24H25FN8OS/c1-14-5-6-16-17(12-14)30-19(29-16)7-10-26-11-8-20-31-21-22(32-24(34-2)33-23(21)35-20)28-13-18-15(25)4-3-9-27-18/h3-6,9,12,26H,7-8,10-11,13H2,1-2H3,(H,29,30)(H,28,32,33). The van der Waals surface area contributed by atoms with Gasteiger partial charge in [0.1, 0.15) is 17.2 Å². The third-order valence-electron chi connectivity index (χ3n) is 5.46. The van der Waals surface area contributed by atoms with Crippen LogP contribution in [0.1, 0.15) is 22.1 Å². The van der Waals surface area contributed by atoms with Gasteiger partial charge in [-0.25, -0.2) is 14.4 Å². The normalized spacial score (nSPS) is 11.4. The minimum absolute atomic E-state index is 0.178. The summed E-state index contributed by atoms with van der Waals surface area (Å²) < 4.78 is 19.2. The van der Waals surface area contributed by atoms with Gasteiger partial charge in [-0.3, -0.25) is 4.98 Å². The summed E-state index contributed by atoms with van der Waals surface area (Å²) in [7, 11) is 1.51. The van der Waals surface area contributed by atoms with Crippen LogP contribution < -0.4 is 15.4 Å². The van der Waals surface area contributed by atoms with Gasteiger partial charge in [-0.1, -0.05) is 17.4 Å². The highest BCUT2D eigenvalue weighted by molar-refractivity contribution is 7.18. The Morgan fingerprint density at radius 1 is 1.09 bits per heavy atom. The van der Waals surface area contributed by atoms with Gasteiger partial charge in [-0.15, -0.1) is 0 Å². The van der Waals surface area contributed by atoms with E-state index in [1.807, 2.05) is 6.07 Å². The van der Waals surface area contributed by atoms with E-state index < -0.39 is 0 Å². The van der Waals surface area contributed by atoms with Crippen LogP contribution in [-0.4, -0.2) is 50.1 Å². The lowest BCUT2D eigenvalue weighted by atomic mass is 10.2. The molecule has 3 N–H and O–H groups in total. The summed E-state index contributed by atoms with van der Waals surface area (Å²) in [5, 5.41) is 7.51. The van der Waals surface area contributed by atoms with E-state index in [1.165, 1.54) is 30.1 Å². The topological polar surface area (TPSA) is 114 Å². The van der Waals surface area contributed by atoms with Crippen LogP contribution in [0.3, 0.4) is 0 Å². The van der Waals surface area contributed by atoms with Crippen molar-refractivity contribution in [2.45, 2.75) is 26.3 Å². The number of halogens is 1. The molecule has 35 heavy (non-hydrogen) atoms. The molecule has 0 unspecified atom stereocenters. The fraction of sp³-hybridized carbons (Fsp3) is 0.292. The van der Waals surface area contributed by atoms with E-state index in [1.54, 1.807) is 12.3 Å². The van der Waals surface area contributed by atoms with Crippen molar-refractivity contribution < 1.29 is 9.13 Å². The third kappa shape index (κ3) is 5.36. The molecule has 4 heterocycles. The van der Waals surface area contributed by atoms with Crippen LogP contribution in [0.25, 0.3) is 21.4 Å². The number of hydrogen-bond acceptors (Lipinski definition) is 9. The number of aromatic amines is 1. The summed E-state index contributed by atoms with van der Waals surface area (Å²) in [5.41, 5.74) is 4.22. The Kier molecular flexibility index (Phi) is 6.77. The fourth-order valence-corrected chi connectivity index (χ4v) is 4.63. The minimum Gasteiger partial charge on any atom is -0.467 e. The van der Waals surface area contributed by atoms with Gasteiger partial charge < -0.3 is 20.4 Å². The monoisotopic (exact) mass is 492 g/mol. The number of aryl methyl sites for hydroxylation is 1. The molecule has 0 bridgehead atoms. The summed E-state index contributed by atoms with van der Waals surface area (Å²) in [6.45, 7) is 3.83. The van der Waals surface area contributed by atoms with Gasteiger partial charge in [0.25, 0.3) is 0 Å².